The van der Waals surface area contributed by atoms with Gasteiger partial charge >= 0.3 is 12.0 Å². The van der Waals surface area contributed by atoms with Gasteiger partial charge in [-0.05, 0) is 32.1 Å². The number of urea groups is 1. The number of carboxylic acid groups (broad SMARTS) is 1. The molecule has 0 aromatic rings. The molecule has 2 atom stereocenters. The highest BCUT2D eigenvalue weighted by molar-refractivity contribution is 5.86. The zero-order valence-electron chi connectivity index (χ0n) is 12.3. The van der Waals surface area contributed by atoms with Crippen molar-refractivity contribution in [1.29, 1.82) is 0 Å². The summed E-state index contributed by atoms with van der Waals surface area (Å²) in [6.45, 7) is 5.34. The number of carbonyl (C=O) groups excluding carboxylic acids is 1. The molecule has 0 saturated heterocycles. The van der Waals surface area contributed by atoms with E-state index in [1.807, 2.05) is 6.08 Å². The number of carboxylic acids is 1. The molecule has 0 bridgehead atoms. The van der Waals surface area contributed by atoms with Gasteiger partial charge in [0, 0.05) is 13.1 Å². The molecule has 0 aromatic carbocycles. The number of nitrogens with zero attached hydrogens (tertiary/aromatic N) is 1. The van der Waals surface area contributed by atoms with Crippen molar-refractivity contribution in [1.82, 2.24) is 10.2 Å². The molecular formula is C15H24N2O3. The second-order valence-electron chi connectivity index (χ2n) is 6.27. The fourth-order valence-electron chi connectivity index (χ4n) is 3.15. The van der Waals surface area contributed by atoms with Crippen molar-refractivity contribution in [3.63, 3.8) is 0 Å². The molecule has 1 saturated carbocycles. The van der Waals surface area contributed by atoms with Crippen molar-refractivity contribution in [3.8, 4) is 0 Å². The number of rotatable bonds is 2. The van der Waals surface area contributed by atoms with Crippen LogP contribution in [0.5, 0.6) is 0 Å². The van der Waals surface area contributed by atoms with E-state index in [2.05, 4.69) is 19.2 Å². The Kier molecular flexibility index (Phi) is 4.35. The van der Waals surface area contributed by atoms with Gasteiger partial charge in [0.25, 0.3) is 0 Å². The number of aliphatic carboxylic acids is 1. The summed E-state index contributed by atoms with van der Waals surface area (Å²) < 4.78 is 0. The maximum absolute atomic E-state index is 12.3. The molecule has 0 spiro atoms. The maximum atomic E-state index is 12.3. The number of hydrogen-bond acceptors (Lipinski definition) is 2. The van der Waals surface area contributed by atoms with Gasteiger partial charge in [-0.2, -0.15) is 0 Å². The summed E-state index contributed by atoms with van der Waals surface area (Å²) in [4.78, 5) is 25.7. The van der Waals surface area contributed by atoms with Gasteiger partial charge in [0.05, 0.1) is 0 Å². The molecule has 2 rings (SSSR count). The molecule has 1 aliphatic carbocycles. The molecule has 0 aromatic heterocycles. The topological polar surface area (TPSA) is 69.6 Å². The van der Waals surface area contributed by atoms with Crippen LogP contribution in [-0.4, -0.2) is 40.6 Å². The van der Waals surface area contributed by atoms with Crippen LogP contribution in [0.1, 0.15) is 46.0 Å². The van der Waals surface area contributed by atoms with Gasteiger partial charge < -0.3 is 15.3 Å². The number of hydrogen-bond donors (Lipinski definition) is 2. The first-order chi connectivity index (χ1) is 9.43. The second-order valence-corrected chi connectivity index (χ2v) is 6.27. The number of amides is 2. The Hall–Kier alpha value is -1.52. The Morgan fingerprint density at radius 3 is 2.80 bits per heavy atom. The van der Waals surface area contributed by atoms with Crippen LogP contribution in [0.3, 0.4) is 0 Å². The molecule has 1 aliphatic heterocycles. The molecule has 2 amide bonds. The van der Waals surface area contributed by atoms with Crippen molar-refractivity contribution >= 4 is 12.0 Å². The number of carbonyl (C=O) groups is 2. The van der Waals surface area contributed by atoms with E-state index in [0.717, 1.165) is 19.3 Å². The Balaban J connectivity index is 2.05. The molecule has 5 nitrogen and oxygen atoms in total. The largest absolute Gasteiger partial charge is 0.480 e. The van der Waals surface area contributed by atoms with Crippen molar-refractivity contribution in [2.24, 2.45) is 5.92 Å². The predicted molar refractivity (Wildman–Crippen MR) is 76.5 cm³/mol. The lowest BCUT2D eigenvalue weighted by molar-refractivity contribution is -0.146. The monoisotopic (exact) mass is 280 g/mol. The van der Waals surface area contributed by atoms with Crippen LogP contribution in [0.25, 0.3) is 0 Å². The Morgan fingerprint density at radius 2 is 2.25 bits per heavy atom. The fraction of sp³-hybridized carbons (Fsp3) is 0.733. The highest BCUT2D eigenvalue weighted by atomic mass is 16.4. The van der Waals surface area contributed by atoms with E-state index >= 15 is 0 Å². The SMILES string of the molecule is CC1=CCN(C(=O)NC2(C(=O)O)CCCC(C)C2)CC1. The third-order valence-electron chi connectivity index (χ3n) is 4.48. The van der Waals surface area contributed by atoms with Crippen LogP contribution in [-0.2, 0) is 4.79 Å². The first-order valence-electron chi connectivity index (χ1n) is 7.39. The lowest BCUT2D eigenvalue weighted by atomic mass is 9.76. The minimum Gasteiger partial charge on any atom is -0.480 e. The Bertz CT molecular complexity index is 433. The quantitative estimate of drug-likeness (QED) is 0.763. The predicted octanol–water partition coefficient (Wildman–Crippen LogP) is 2.38. The molecule has 1 heterocycles. The van der Waals surface area contributed by atoms with Crippen molar-refractivity contribution in [2.75, 3.05) is 13.1 Å². The van der Waals surface area contributed by atoms with Gasteiger partial charge in [-0.15, -0.1) is 0 Å². The average molecular weight is 280 g/mol. The summed E-state index contributed by atoms with van der Waals surface area (Å²) in [7, 11) is 0. The fourth-order valence-corrected chi connectivity index (χ4v) is 3.15. The van der Waals surface area contributed by atoms with Gasteiger partial charge in [-0.25, -0.2) is 9.59 Å². The van der Waals surface area contributed by atoms with Crippen LogP contribution >= 0.6 is 0 Å². The minimum absolute atomic E-state index is 0.245. The zero-order chi connectivity index (χ0) is 14.8. The molecular weight excluding hydrogens is 256 g/mol. The van der Waals surface area contributed by atoms with Crippen molar-refractivity contribution < 1.29 is 14.7 Å². The van der Waals surface area contributed by atoms with Gasteiger partial charge in [0.1, 0.15) is 5.54 Å². The molecule has 2 unspecified atom stereocenters. The molecule has 20 heavy (non-hydrogen) atoms. The summed E-state index contributed by atoms with van der Waals surface area (Å²) >= 11 is 0. The zero-order valence-corrected chi connectivity index (χ0v) is 12.3. The van der Waals surface area contributed by atoms with Gasteiger partial charge in [0.15, 0.2) is 0 Å². The first kappa shape index (κ1) is 14.9. The highest BCUT2D eigenvalue weighted by Crippen LogP contribution is 2.32. The first-order valence-corrected chi connectivity index (χ1v) is 7.39. The third-order valence-corrected chi connectivity index (χ3v) is 4.48. The van der Waals surface area contributed by atoms with E-state index in [1.165, 1.54) is 5.57 Å². The van der Waals surface area contributed by atoms with E-state index in [4.69, 9.17) is 0 Å². The minimum atomic E-state index is -1.08. The molecule has 5 heteroatoms. The maximum Gasteiger partial charge on any atom is 0.329 e. The van der Waals surface area contributed by atoms with Crippen molar-refractivity contribution in [3.05, 3.63) is 11.6 Å². The standard InChI is InChI=1S/C15H24N2O3/c1-11-5-8-17(9-6-11)14(20)16-15(13(18)19)7-3-4-12(2)10-15/h5,12H,3-4,6-10H2,1-2H3,(H,16,20)(H,18,19). The van der Waals surface area contributed by atoms with E-state index in [-0.39, 0.29) is 6.03 Å². The molecule has 1 fully saturated rings. The van der Waals surface area contributed by atoms with E-state index in [0.29, 0.717) is 31.8 Å². The summed E-state index contributed by atoms with van der Waals surface area (Å²) in [6, 6.07) is -0.245. The van der Waals surface area contributed by atoms with Gasteiger partial charge in [0.2, 0.25) is 0 Å². The summed E-state index contributed by atoms with van der Waals surface area (Å²) in [6.07, 6.45) is 5.84. The highest BCUT2D eigenvalue weighted by Gasteiger charge is 2.43. The van der Waals surface area contributed by atoms with Crippen molar-refractivity contribution in [2.45, 2.75) is 51.5 Å². The molecule has 2 N–H and O–H groups in total. The lowest BCUT2D eigenvalue weighted by Gasteiger charge is -2.39. The summed E-state index contributed by atoms with van der Waals surface area (Å²) in [5, 5.41) is 12.4. The van der Waals surface area contributed by atoms with Gasteiger partial charge in [-0.3, -0.25) is 0 Å². The Labute approximate surface area is 120 Å². The van der Waals surface area contributed by atoms with Gasteiger partial charge in [-0.1, -0.05) is 31.4 Å². The van der Waals surface area contributed by atoms with E-state index in [9.17, 15) is 14.7 Å². The van der Waals surface area contributed by atoms with Crippen LogP contribution in [0.2, 0.25) is 0 Å². The lowest BCUT2D eigenvalue weighted by Crippen LogP contribution is -2.60. The third kappa shape index (κ3) is 3.14. The van der Waals surface area contributed by atoms with Crippen LogP contribution in [0.15, 0.2) is 11.6 Å². The summed E-state index contributed by atoms with van der Waals surface area (Å²) in [5.74, 6) is -0.565. The normalized spacial score (nSPS) is 30.6. The van der Waals surface area contributed by atoms with Crippen LogP contribution < -0.4 is 5.32 Å². The molecule has 0 radical (unpaired) electrons. The Morgan fingerprint density at radius 1 is 1.50 bits per heavy atom. The van der Waals surface area contributed by atoms with E-state index in [1.54, 1.807) is 4.90 Å². The molecule has 2 aliphatic rings. The second kappa shape index (κ2) is 5.85. The number of nitrogens with one attached hydrogen (secondary N) is 1. The summed E-state index contributed by atoms with van der Waals surface area (Å²) in [5.41, 5.74) is 0.207. The van der Waals surface area contributed by atoms with Crippen LogP contribution in [0.4, 0.5) is 4.79 Å². The average Bonchev–Trinajstić information content (AvgIpc) is 2.39. The van der Waals surface area contributed by atoms with E-state index < -0.39 is 11.5 Å². The molecule has 112 valence electrons. The van der Waals surface area contributed by atoms with Crippen LogP contribution in [0, 0.1) is 5.92 Å². The smallest absolute Gasteiger partial charge is 0.329 e.